The summed E-state index contributed by atoms with van der Waals surface area (Å²) < 4.78 is 18.2. The molecule has 0 atom stereocenters. The molecule has 1 amide bonds. The Bertz CT molecular complexity index is 1060. The number of amides is 1. The van der Waals surface area contributed by atoms with Crippen molar-refractivity contribution < 1.29 is 13.7 Å². The fourth-order valence-corrected chi connectivity index (χ4v) is 2.44. The molecular formula is C20H13FN4O2. The number of pyridine rings is 1. The summed E-state index contributed by atoms with van der Waals surface area (Å²) in [7, 11) is 0. The lowest BCUT2D eigenvalue weighted by Crippen LogP contribution is -2.11. The lowest BCUT2D eigenvalue weighted by molar-refractivity contribution is 0.102. The van der Waals surface area contributed by atoms with Crippen LogP contribution in [0.25, 0.3) is 23.0 Å². The molecule has 0 unspecified atom stereocenters. The Balaban J connectivity index is 1.48. The summed E-state index contributed by atoms with van der Waals surface area (Å²) in [4.78, 5) is 20.7. The van der Waals surface area contributed by atoms with Gasteiger partial charge in [-0.05, 0) is 60.7 Å². The fraction of sp³-hybridized carbons (Fsp3) is 0. The summed E-state index contributed by atoms with van der Waals surface area (Å²) in [5.74, 6) is 0.0483. The van der Waals surface area contributed by atoms with Crippen LogP contribution in [-0.4, -0.2) is 21.0 Å². The Morgan fingerprint density at radius 3 is 2.44 bits per heavy atom. The van der Waals surface area contributed by atoms with Gasteiger partial charge in [0.05, 0.1) is 0 Å². The number of anilines is 1. The maximum atomic E-state index is 12.9. The number of carbonyl (C=O) groups excluding carboxylic acids is 1. The van der Waals surface area contributed by atoms with Crippen molar-refractivity contribution >= 4 is 11.6 Å². The van der Waals surface area contributed by atoms with Crippen LogP contribution >= 0.6 is 0 Å². The van der Waals surface area contributed by atoms with Gasteiger partial charge in [0.1, 0.15) is 11.5 Å². The first-order valence-corrected chi connectivity index (χ1v) is 8.11. The van der Waals surface area contributed by atoms with Crippen LogP contribution in [0.3, 0.4) is 0 Å². The van der Waals surface area contributed by atoms with E-state index in [-0.39, 0.29) is 11.7 Å². The molecular weight excluding hydrogens is 347 g/mol. The van der Waals surface area contributed by atoms with E-state index in [9.17, 15) is 9.18 Å². The molecule has 0 radical (unpaired) electrons. The van der Waals surface area contributed by atoms with E-state index in [1.54, 1.807) is 42.6 Å². The molecule has 0 saturated carbocycles. The van der Waals surface area contributed by atoms with Crippen LogP contribution in [-0.2, 0) is 0 Å². The Morgan fingerprint density at radius 2 is 1.74 bits per heavy atom. The zero-order chi connectivity index (χ0) is 18.6. The molecule has 132 valence electrons. The highest BCUT2D eigenvalue weighted by Gasteiger charge is 2.12. The van der Waals surface area contributed by atoms with Gasteiger partial charge in [0, 0.05) is 23.0 Å². The molecule has 1 N–H and O–H groups in total. The molecule has 0 bridgehead atoms. The van der Waals surface area contributed by atoms with Crippen molar-refractivity contribution in [2.75, 3.05) is 5.32 Å². The largest absolute Gasteiger partial charge is 0.332 e. The van der Waals surface area contributed by atoms with E-state index in [4.69, 9.17) is 4.52 Å². The van der Waals surface area contributed by atoms with Crippen LogP contribution in [0, 0.1) is 5.82 Å². The Labute approximate surface area is 153 Å². The molecule has 0 aliphatic rings. The van der Waals surface area contributed by atoms with Crippen LogP contribution in [0.4, 0.5) is 10.1 Å². The second kappa shape index (κ2) is 7.17. The van der Waals surface area contributed by atoms with E-state index in [0.29, 0.717) is 28.7 Å². The topological polar surface area (TPSA) is 80.9 Å². The van der Waals surface area contributed by atoms with Crippen LogP contribution in [0.15, 0.2) is 77.4 Å². The highest BCUT2D eigenvalue weighted by molar-refractivity contribution is 6.04. The average molecular weight is 360 g/mol. The third-order valence-corrected chi connectivity index (χ3v) is 3.82. The number of benzene rings is 2. The number of carbonyl (C=O) groups is 1. The van der Waals surface area contributed by atoms with Crippen LogP contribution in [0.5, 0.6) is 0 Å². The highest BCUT2D eigenvalue weighted by atomic mass is 19.1. The molecule has 0 saturated heterocycles. The van der Waals surface area contributed by atoms with Crippen LogP contribution in [0.1, 0.15) is 10.4 Å². The van der Waals surface area contributed by atoms with Gasteiger partial charge in [-0.3, -0.25) is 9.78 Å². The van der Waals surface area contributed by atoms with Gasteiger partial charge in [0.2, 0.25) is 5.82 Å². The summed E-state index contributed by atoms with van der Waals surface area (Å²) in [6.07, 6.45) is 1.65. The van der Waals surface area contributed by atoms with Gasteiger partial charge in [-0.15, -0.1) is 0 Å². The number of hydrogen-bond donors (Lipinski definition) is 1. The van der Waals surface area contributed by atoms with Gasteiger partial charge in [-0.1, -0.05) is 11.2 Å². The van der Waals surface area contributed by atoms with E-state index in [1.807, 2.05) is 6.07 Å². The normalized spacial score (nSPS) is 10.6. The Kier molecular flexibility index (Phi) is 4.40. The van der Waals surface area contributed by atoms with Gasteiger partial charge in [0.15, 0.2) is 0 Å². The highest BCUT2D eigenvalue weighted by Crippen LogP contribution is 2.22. The smallest absolute Gasteiger partial charge is 0.276 e. The Hall–Kier alpha value is -3.87. The minimum Gasteiger partial charge on any atom is -0.332 e. The monoisotopic (exact) mass is 360 g/mol. The van der Waals surface area contributed by atoms with Crippen molar-refractivity contribution in [2.24, 2.45) is 0 Å². The predicted octanol–water partition coefficient (Wildman–Crippen LogP) is 4.19. The second-order valence-corrected chi connectivity index (χ2v) is 5.68. The van der Waals surface area contributed by atoms with E-state index in [2.05, 4.69) is 20.4 Å². The third-order valence-electron chi connectivity index (χ3n) is 3.82. The summed E-state index contributed by atoms with van der Waals surface area (Å²) >= 11 is 0. The molecule has 6 nitrogen and oxygen atoms in total. The van der Waals surface area contributed by atoms with Crippen molar-refractivity contribution in [3.8, 4) is 23.0 Å². The molecule has 0 spiro atoms. The second-order valence-electron chi connectivity index (χ2n) is 5.68. The maximum Gasteiger partial charge on any atom is 0.276 e. The summed E-state index contributed by atoms with van der Waals surface area (Å²) in [5.41, 5.74) is 2.31. The first-order chi connectivity index (χ1) is 13.2. The molecule has 27 heavy (non-hydrogen) atoms. The van der Waals surface area contributed by atoms with Crippen molar-refractivity contribution in [1.29, 1.82) is 0 Å². The standard InChI is InChI=1S/C20H13FN4O2/c21-15-8-4-14(5-9-15)19(26)23-16-10-6-13(7-11-16)18-24-20(27-25-18)17-3-1-2-12-22-17/h1-12H,(H,23,26). The molecule has 4 aromatic rings. The van der Waals surface area contributed by atoms with Crippen molar-refractivity contribution in [2.45, 2.75) is 0 Å². The van der Waals surface area contributed by atoms with E-state index in [0.717, 1.165) is 5.56 Å². The number of nitrogens with one attached hydrogen (secondary N) is 1. The third kappa shape index (κ3) is 3.72. The van der Waals surface area contributed by atoms with E-state index in [1.165, 1.54) is 24.3 Å². The van der Waals surface area contributed by atoms with E-state index < -0.39 is 0 Å². The minimum absolute atomic E-state index is 0.320. The molecule has 2 aromatic heterocycles. The minimum atomic E-state index is -0.388. The van der Waals surface area contributed by atoms with Gasteiger partial charge >= 0.3 is 0 Å². The first kappa shape index (κ1) is 16.6. The number of aromatic nitrogens is 3. The molecule has 4 rings (SSSR count). The fourth-order valence-electron chi connectivity index (χ4n) is 2.44. The molecule has 0 aliphatic carbocycles. The van der Waals surface area contributed by atoms with Crippen LogP contribution < -0.4 is 5.32 Å². The lowest BCUT2D eigenvalue weighted by atomic mass is 10.1. The number of rotatable bonds is 4. The average Bonchev–Trinajstić information content (AvgIpc) is 3.20. The quantitative estimate of drug-likeness (QED) is 0.590. The molecule has 0 fully saturated rings. The molecule has 2 heterocycles. The summed E-state index contributed by atoms with van der Waals surface area (Å²) in [6, 6.07) is 17.8. The number of nitrogens with zero attached hydrogens (tertiary/aromatic N) is 3. The zero-order valence-electron chi connectivity index (χ0n) is 14.0. The van der Waals surface area contributed by atoms with Gasteiger partial charge < -0.3 is 9.84 Å². The van der Waals surface area contributed by atoms with Crippen molar-refractivity contribution in [3.05, 3.63) is 84.3 Å². The molecule has 7 heteroatoms. The van der Waals surface area contributed by atoms with Gasteiger partial charge in [-0.25, -0.2) is 4.39 Å². The number of halogens is 1. The van der Waals surface area contributed by atoms with Crippen molar-refractivity contribution in [1.82, 2.24) is 15.1 Å². The van der Waals surface area contributed by atoms with Crippen molar-refractivity contribution in [3.63, 3.8) is 0 Å². The maximum absolute atomic E-state index is 12.9. The molecule has 0 aliphatic heterocycles. The first-order valence-electron chi connectivity index (χ1n) is 8.11. The SMILES string of the molecule is O=C(Nc1ccc(-c2noc(-c3ccccn3)n2)cc1)c1ccc(F)cc1. The van der Waals surface area contributed by atoms with Crippen LogP contribution in [0.2, 0.25) is 0 Å². The summed E-state index contributed by atoms with van der Waals surface area (Å²) in [6.45, 7) is 0. The van der Waals surface area contributed by atoms with Gasteiger partial charge in [0.25, 0.3) is 11.8 Å². The van der Waals surface area contributed by atoms with Gasteiger partial charge in [-0.2, -0.15) is 4.98 Å². The Morgan fingerprint density at radius 1 is 0.963 bits per heavy atom. The summed E-state index contributed by atoms with van der Waals surface area (Å²) in [5, 5.41) is 6.71. The van der Waals surface area contributed by atoms with E-state index >= 15 is 0 Å². The zero-order valence-corrected chi connectivity index (χ0v) is 14.0. The molecule has 2 aromatic carbocycles. The predicted molar refractivity (Wildman–Crippen MR) is 97.3 cm³/mol. The lowest BCUT2D eigenvalue weighted by Gasteiger charge is -2.05. The number of hydrogen-bond acceptors (Lipinski definition) is 5.